The minimum Gasteiger partial charge on any atom is -0.445 e. The number of amides is 1. The van der Waals surface area contributed by atoms with Crippen molar-refractivity contribution in [3.05, 3.63) is 53.2 Å². The van der Waals surface area contributed by atoms with E-state index in [1.54, 1.807) is 11.8 Å². The fourth-order valence-electron chi connectivity index (χ4n) is 2.37. The molecule has 4 nitrogen and oxygen atoms in total. The average molecular weight is 256 g/mol. The molecule has 0 saturated carbocycles. The maximum absolute atomic E-state index is 11.4. The lowest BCUT2D eigenvalue weighted by molar-refractivity contribution is -0.129. The van der Waals surface area contributed by atoms with Gasteiger partial charge in [0, 0.05) is 26.3 Å². The molecule has 1 aliphatic rings. The molecule has 0 atom stereocenters. The Labute approximate surface area is 112 Å². The van der Waals surface area contributed by atoms with Crippen molar-refractivity contribution in [3.8, 4) is 0 Å². The summed E-state index contributed by atoms with van der Waals surface area (Å²) in [7, 11) is 0. The Morgan fingerprint density at radius 2 is 2.16 bits per heavy atom. The molecule has 1 aliphatic heterocycles. The van der Waals surface area contributed by atoms with Gasteiger partial charge in [0.2, 0.25) is 5.91 Å². The largest absolute Gasteiger partial charge is 0.445 e. The van der Waals surface area contributed by atoms with Crippen molar-refractivity contribution in [1.82, 2.24) is 9.88 Å². The second-order valence-electron chi connectivity index (χ2n) is 4.83. The summed E-state index contributed by atoms with van der Waals surface area (Å²) in [6, 6.07) is 10.1. The summed E-state index contributed by atoms with van der Waals surface area (Å²) in [5.41, 5.74) is 2.09. The maximum atomic E-state index is 11.4. The molecule has 0 spiro atoms. The molecule has 1 aromatic heterocycles. The van der Waals surface area contributed by atoms with Gasteiger partial charge in [0.1, 0.15) is 11.5 Å². The molecule has 0 unspecified atom stereocenters. The zero-order valence-corrected chi connectivity index (χ0v) is 10.9. The second-order valence-corrected chi connectivity index (χ2v) is 4.83. The first-order chi connectivity index (χ1) is 9.22. The van der Waals surface area contributed by atoms with Crippen LogP contribution < -0.4 is 0 Å². The van der Waals surface area contributed by atoms with Gasteiger partial charge < -0.3 is 9.32 Å². The minimum absolute atomic E-state index is 0.0956. The Balaban J connectivity index is 1.78. The molecule has 0 N–H and O–H groups in total. The molecule has 4 heteroatoms. The first kappa shape index (κ1) is 12.0. The number of hydrogen-bond donors (Lipinski definition) is 0. The molecule has 1 amide bonds. The van der Waals surface area contributed by atoms with Gasteiger partial charge in [-0.1, -0.05) is 30.3 Å². The Morgan fingerprint density at radius 3 is 2.89 bits per heavy atom. The normalized spacial score (nSPS) is 14.3. The van der Waals surface area contributed by atoms with E-state index < -0.39 is 0 Å². The van der Waals surface area contributed by atoms with Crippen LogP contribution in [0.25, 0.3) is 0 Å². The van der Waals surface area contributed by atoms with Crippen LogP contribution in [0.2, 0.25) is 0 Å². The molecule has 98 valence electrons. The van der Waals surface area contributed by atoms with Gasteiger partial charge in [-0.3, -0.25) is 4.79 Å². The number of carbonyl (C=O) groups is 1. The molecule has 0 radical (unpaired) electrons. The summed E-state index contributed by atoms with van der Waals surface area (Å²) in [6.45, 7) is 2.89. The third-order valence-corrected chi connectivity index (χ3v) is 3.42. The molecule has 2 aromatic rings. The number of nitrogens with zero attached hydrogens (tertiary/aromatic N) is 2. The van der Waals surface area contributed by atoms with Gasteiger partial charge >= 0.3 is 0 Å². The van der Waals surface area contributed by atoms with Crippen LogP contribution in [0.5, 0.6) is 0 Å². The van der Waals surface area contributed by atoms with E-state index in [1.807, 2.05) is 18.2 Å². The molecule has 2 heterocycles. The van der Waals surface area contributed by atoms with Gasteiger partial charge in [-0.05, 0) is 5.56 Å². The number of aromatic nitrogens is 1. The van der Waals surface area contributed by atoms with Crippen LogP contribution in [0.4, 0.5) is 0 Å². The van der Waals surface area contributed by atoms with E-state index in [0.717, 1.165) is 30.3 Å². The van der Waals surface area contributed by atoms with E-state index in [9.17, 15) is 4.79 Å². The monoisotopic (exact) mass is 256 g/mol. The second kappa shape index (κ2) is 4.88. The fraction of sp³-hybridized carbons (Fsp3) is 0.333. The third kappa shape index (κ3) is 2.52. The first-order valence-corrected chi connectivity index (χ1v) is 6.49. The van der Waals surface area contributed by atoms with Crippen molar-refractivity contribution >= 4 is 5.91 Å². The summed E-state index contributed by atoms with van der Waals surface area (Å²) in [5, 5.41) is 0. The molecule has 0 bridgehead atoms. The lowest BCUT2D eigenvalue weighted by Gasteiger charge is -2.23. The minimum atomic E-state index is 0.0956. The summed E-state index contributed by atoms with van der Waals surface area (Å²) < 4.78 is 5.79. The number of carbonyl (C=O) groups excluding carboxylic acids is 1. The van der Waals surface area contributed by atoms with Gasteiger partial charge in [0.15, 0.2) is 5.89 Å². The third-order valence-electron chi connectivity index (χ3n) is 3.42. The Kier molecular flexibility index (Phi) is 3.07. The number of oxazole rings is 1. The van der Waals surface area contributed by atoms with Crippen LogP contribution in [0.3, 0.4) is 0 Å². The highest BCUT2D eigenvalue weighted by molar-refractivity contribution is 5.73. The van der Waals surface area contributed by atoms with Crippen LogP contribution in [0.15, 0.2) is 34.7 Å². The van der Waals surface area contributed by atoms with Crippen LogP contribution in [0, 0.1) is 0 Å². The van der Waals surface area contributed by atoms with Crippen molar-refractivity contribution in [2.45, 2.75) is 26.3 Å². The van der Waals surface area contributed by atoms with Crippen LogP contribution in [0.1, 0.15) is 29.8 Å². The van der Waals surface area contributed by atoms with Crippen molar-refractivity contribution in [2.75, 3.05) is 6.54 Å². The predicted molar refractivity (Wildman–Crippen MR) is 70.5 cm³/mol. The Bertz CT molecular complexity index is 589. The molecule has 0 aliphatic carbocycles. The fourth-order valence-corrected chi connectivity index (χ4v) is 2.37. The number of hydrogen-bond acceptors (Lipinski definition) is 3. The predicted octanol–water partition coefficient (Wildman–Crippen LogP) is 2.17. The van der Waals surface area contributed by atoms with E-state index in [1.165, 1.54) is 5.56 Å². The smallest absolute Gasteiger partial charge is 0.219 e. The standard InChI is InChI=1S/C15H16N2O2/c1-11(18)17-8-7-14-13(10-17)16-15(19-14)9-12-5-3-2-4-6-12/h2-6H,7-10H2,1H3. The quantitative estimate of drug-likeness (QED) is 0.827. The van der Waals surface area contributed by atoms with Crippen molar-refractivity contribution in [3.63, 3.8) is 0 Å². The number of rotatable bonds is 2. The SMILES string of the molecule is CC(=O)N1CCc2oc(Cc3ccccc3)nc2C1. The molecule has 1 aromatic carbocycles. The van der Waals surface area contributed by atoms with Crippen LogP contribution in [-0.2, 0) is 24.2 Å². The molecule has 0 fully saturated rings. The average Bonchev–Trinajstić information content (AvgIpc) is 2.80. The summed E-state index contributed by atoms with van der Waals surface area (Å²) in [4.78, 5) is 17.7. The lowest BCUT2D eigenvalue weighted by atomic mass is 10.1. The topological polar surface area (TPSA) is 46.3 Å². The van der Waals surface area contributed by atoms with E-state index >= 15 is 0 Å². The van der Waals surface area contributed by atoms with Gasteiger partial charge in [-0.2, -0.15) is 0 Å². The van der Waals surface area contributed by atoms with Gasteiger partial charge in [-0.25, -0.2) is 4.98 Å². The van der Waals surface area contributed by atoms with Crippen LogP contribution >= 0.6 is 0 Å². The molecule has 19 heavy (non-hydrogen) atoms. The van der Waals surface area contributed by atoms with Gasteiger partial charge in [-0.15, -0.1) is 0 Å². The first-order valence-electron chi connectivity index (χ1n) is 6.49. The van der Waals surface area contributed by atoms with Gasteiger partial charge in [0.05, 0.1) is 6.54 Å². The summed E-state index contributed by atoms with van der Waals surface area (Å²) >= 11 is 0. The maximum Gasteiger partial charge on any atom is 0.219 e. The number of fused-ring (bicyclic) bond motifs is 1. The lowest BCUT2D eigenvalue weighted by Crippen LogP contribution is -2.33. The van der Waals surface area contributed by atoms with E-state index in [2.05, 4.69) is 17.1 Å². The van der Waals surface area contributed by atoms with Crippen molar-refractivity contribution in [2.24, 2.45) is 0 Å². The van der Waals surface area contributed by atoms with Crippen molar-refractivity contribution in [1.29, 1.82) is 0 Å². The number of benzene rings is 1. The molecule has 3 rings (SSSR count). The van der Waals surface area contributed by atoms with Crippen molar-refractivity contribution < 1.29 is 9.21 Å². The summed E-state index contributed by atoms with van der Waals surface area (Å²) in [5.74, 6) is 1.77. The Morgan fingerprint density at radius 1 is 1.37 bits per heavy atom. The molecular formula is C15H16N2O2. The highest BCUT2D eigenvalue weighted by atomic mass is 16.4. The van der Waals surface area contributed by atoms with E-state index in [-0.39, 0.29) is 5.91 Å². The highest BCUT2D eigenvalue weighted by Gasteiger charge is 2.23. The highest BCUT2D eigenvalue weighted by Crippen LogP contribution is 2.21. The zero-order valence-electron chi connectivity index (χ0n) is 10.9. The molecular weight excluding hydrogens is 240 g/mol. The van der Waals surface area contributed by atoms with E-state index in [4.69, 9.17) is 4.42 Å². The van der Waals surface area contributed by atoms with E-state index in [0.29, 0.717) is 13.0 Å². The zero-order chi connectivity index (χ0) is 13.2. The van der Waals surface area contributed by atoms with Crippen LogP contribution in [-0.4, -0.2) is 22.3 Å². The molecule has 0 saturated heterocycles. The van der Waals surface area contributed by atoms with Gasteiger partial charge in [0.25, 0.3) is 0 Å². The Hall–Kier alpha value is -2.10. The summed E-state index contributed by atoms with van der Waals surface area (Å²) in [6.07, 6.45) is 1.46.